The first-order valence-electron chi connectivity index (χ1n) is 8.96. The van der Waals surface area contributed by atoms with Gasteiger partial charge >= 0.3 is 0 Å². The van der Waals surface area contributed by atoms with Crippen molar-refractivity contribution in [1.82, 2.24) is 9.80 Å². The molecule has 0 atom stereocenters. The molecule has 6 heteroatoms. The number of hydrogen-bond donors (Lipinski definition) is 0. The molecule has 0 saturated carbocycles. The quantitative estimate of drug-likeness (QED) is 0.794. The molecule has 3 rings (SSSR count). The molecule has 0 N–H and O–H groups in total. The van der Waals surface area contributed by atoms with Crippen molar-refractivity contribution in [1.29, 1.82) is 0 Å². The van der Waals surface area contributed by atoms with Gasteiger partial charge in [0.1, 0.15) is 17.3 Å². The van der Waals surface area contributed by atoms with Crippen molar-refractivity contribution in [2.45, 2.75) is 13.5 Å². The maximum Gasteiger partial charge on any atom is 0.236 e. The Labute approximate surface area is 154 Å². The topological polar surface area (TPSA) is 49.2 Å². The van der Waals surface area contributed by atoms with Gasteiger partial charge in [-0.05, 0) is 50.4 Å². The Kier molecular flexibility index (Phi) is 5.83. The Morgan fingerprint density at radius 1 is 1.12 bits per heavy atom. The molecule has 1 aliphatic heterocycles. The largest absolute Gasteiger partial charge is 0.497 e. The van der Waals surface area contributed by atoms with Crippen molar-refractivity contribution >= 4 is 11.6 Å². The van der Waals surface area contributed by atoms with Gasteiger partial charge in [-0.3, -0.25) is 9.69 Å². The van der Waals surface area contributed by atoms with Gasteiger partial charge in [-0.1, -0.05) is 0 Å². The van der Waals surface area contributed by atoms with Crippen LogP contribution in [-0.4, -0.2) is 62.6 Å². The van der Waals surface area contributed by atoms with Crippen LogP contribution in [-0.2, 0) is 11.3 Å². The van der Waals surface area contributed by atoms with Crippen LogP contribution < -0.4 is 9.64 Å². The minimum Gasteiger partial charge on any atom is -0.497 e. The van der Waals surface area contributed by atoms with Gasteiger partial charge in [-0.2, -0.15) is 0 Å². The summed E-state index contributed by atoms with van der Waals surface area (Å²) in [4.78, 5) is 18.8. The summed E-state index contributed by atoms with van der Waals surface area (Å²) in [5.41, 5.74) is 1.17. The number of rotatable bonds is 6. The molecule has 0 spiro atoms. The van der Waals surface area contributed by atoms with E-state index in [-0.39, 0.29) is 5.91 Å². The van der Waals surface area contributed by atoms with Crippen LogP contribution in [0.3, 0.4) is 0 Å². The van der Waals surface area contributed by atoms with Crippen molar-refractivity contribution in [3.05, 3.63) is 47.9 Å². The number of likely N-dealkylation sites (N-methyl/N-ethyl adjacent to an activating group) is 1. The smallest absolute Gasteiger partial charge is 0.236 e. The normalized spacial score (nSPS) is 14.8. The van der Waals surface area contributed by atoms with Crippen LogP contribution in [0.2, 0.25) is 0 Å². The minimum absolute atomic E-state index is 0.171. The Bertz CT molecular complexity index is 718. The number of aryl methyl sites for hydroxylation is 1. The second kappa shape index (κ2) is 8.27. The zero-order valence-corrected chi connectivity index (χ0v) is 15.8. The molecule has 0 unspecified atom stereocenters. The number of methoxy groups -OCH3 is 1. The molecular weight excluding hydrogens is 330 g/mol. The number of anilines is 1. The zero-order chi connectivity index (χ0) is 18.5. The van der Waals surface area contributed by atoms with Crippen LogP contribution in [0.1, 0.15) is 11.5 Å². The number of benzene rings is 1. The van der Waals surface area contributed by atoms with Crippen LogP contribution in [0.4, 0.5) is 5.69 Å². The summed E-state index contributed by atoms with van der Waals surface area (Å²) in [6, 6.07) is 12.0. The fraction of sp³-hybridized carbons (Fsp3) is 0.450. The van der Waals surface area contributed by atoms with Gasteiger partial charge in [-0.25, -0.2) is 0 Å². The summed E-state index contributed by atoms with van der Waals surface area (Å²) in [6.07, 6.45) is 0. The van der Waals surface area contributed by atoms with Gasteiger partial charge in [0.2, 0.25) is 5.91 Å². The standard InChI is InChI=1S/C20H27N3O3/c1-16-4-7-19(26-16)14-21(2)15-20(24)23-12-10-22(11-13-23)17-5-8-18(25-3)9-6-17/h4-9H,10-15H2,1-3H3. The van der Waals surface area contributed by atoms with Crippen molar-refractivity contribution in [3.63, 3.8) is 0 Å². The first-order valence-corrected chi connectivity index (χ1v) is 8.96. The highest BCUT2D eigenvalue weighted by Gasteiger charge is 2.22. The number of nitrogens with zero attached hydrogens (tertiary/aromatic N) is 3. The SMILES string of the molecule is COc1ccc(N2CCN(C(=O)CN(C)Cc3ccc(C)o3)CC2)cc1. The van der Waals surface area contributed by atoms with E-state index in [0.717, 1.165) is 43.4 Å². The predicted octanol–water partition coefficient (Wildman–Crippen LogP) is 2.38. The van der Waals surface area contributed by atoms with Gasteiger partial charge < -0.3 is 19.0 Å². The third kappa shape index (κ3) is 4.58. The molecule has 1 aromatic carbocycles. The van der Waals surface area contributed by atoms with Gasteiger partial charge in [0.15, 0.2) is 0 Å². The fourth-order valence-electron chi connectivity index (χ4n) is 3.23. The lowest BCUT2D eigenvalue weighted by Crippen LogP contribution is -2.51. The van der Waals surface area contributed by atoms with Crippen molar-refractivity contribution in [2.24, 2.45) is 0 Å². The molecule has 0 radical (unpaired) electrons. The highest BCUT2D eigenvalue weighted by Crippen LogP contribution is 2.20. The lowest BCUT2D eigenvalue weighted by molar-refractivity contribution is -0.132. The van der Waals surface area contributed by atoms with E-state index in [1.54, 1.807) is 7.11 Å². The summed E-state index contributed by atoms with van der Waals surface area (Å²) in [5.74, 6) is 2.82. The van der Waals surface area contributed by atoms with Gasteiger partial charge in [0.05, 0.1) is 20.2 Å². The second-order valence-corrected chi connectivity index (χ2v) is 6.75. The van der Waals surface area contributed by atoms with E-state index >= 15 is 0 Å². The molecule has 26 heavy (non-hydrogen) atoms. The molecule has 1 fully saturated rings. The minimum atomic E-state index is 0.171. The van der Waals surface area contributed by atoms with Gasteiger partial charge in [-0.15, -0.1) is 0 Å². The maximum absolute atomic E-state index is 12.5. The number of carbonyl (C=O) groups excluding carboxylic acids is 1. The lowest BCUT2D eigenvalue weighted by atomic mass is 10.2. The summed E-state index contributed by atoms with van der Waals surface area (Å²) >= 11 is 0. The van der Waals surface area contributed by atoms with E-state index in [9.17, 15) is 4.79 Å². The van der Waals surface area contributed by atoms with Crippen LogP contribution in [0, 0.1) is 6.92 Å². The molecule has 1 saturated heterocycles. The molecule has 2 heterocycles. The summed E-state index contributed by atoms with van der Waals surface area (Å²) in [6.45, 7) is 6.17. The van der Waals surface area contributed by atoms with Crippen molar-refractivity contribution < 1.29 is 13.9 Å². The number of carbonyl (C=O) groups is 1. The Morgan fingerprint density at radius 3 is 2.38 bits per heavy atom. The molecule has 6 nitrogen and oxygen atoms in total. The lowest BCUT2D eigenvalue weighted by Gasteiger charge is -2.36. The van der Waals surface area contributed by atoms with Crippen LogP contribution >= 0.6 is 0 Å². The predicted molar refractivity (Wildman–Crippen MR) is 102 cm³/mol. The molecular formula is C20H27N3O3. The highest BCUT2D eigenvalue weighted by molar-refractivity contribution is 5.78. The molecule has 1 aromatic heterocycles. The summed E-state index contributed by atoms with van der Waals surface area (Å²) in [7, 11) is 3.62. The van der Waals surface area contributed by atoms with E-state index in [1.165, 1.54) is 5.69 Å². The van der Waals surface area contributed by atoms with E-state index in [1.807, 2.05) is 48.0 Å². The molecule has 140 valence electrons. The van der Waals surface area contributed by atoms with Crippen LogP contribution in [0.5, 0.6) is 5.75 Å². The van der Waals surface area contributed by atoms with Gasteiger partial charge in [0, 0.05) is 31.9 Å². The number of amides is 1. The molecule has 1 aliphatic rings. The monoisotopic (exact) mass is 357 g/mol. The number of ether oxygens (including phenoxy) is 1. The van der Waals surface area contributed by atoms with E-state index in [0.29, 0.717) is 13.1 Å². The fourth-order valence-corrected chi connectivity index (χ4v) is 3.23. The van der Waals surface area contributed by atoms with Crippen LogP contribution in [0.15, 0.2) is 40.8 Å². The maximum atomic E-state index is 12.5. The second-order valence-electron chi connectivity index (χ2n) is 6.75. The van der Waals surface area contributed by atoms with E-state index < -0.39 is 0 Å². The number of piperazine rings is 1. The first-order chi connectivity index (χ1) is 12.5. The molecule has 2 aromatic rings. The van der Waals surface area contributed by atoms with Crippen molar-refractivity contribution in [2.75, 3.05) is 51.8 Å². The molecule has 0 aliphatic carbocycles. The Morgan fingerprint density at radius 2 is 1.81 bits per heavy atom. The molecule has 0 bridgehead atoms. The van der Waals surface area contributed by atoms with E-state index in [4.69, 9.17) is 9.15 Å². The third-order valence-corrected chi connectivity index (χ3v) is 4.70. The third-order valence-electron chi connectivity index (χ3n) is 4.70. The van der Waals surface area contributed by atoms with Gasteiger partial charge in [0.25, 0.3) is 0 Å². The Balaban J connectivity index is 1.46. The molecule has 1 amide bonds. The zero-order valence-electron chi connectivity index (χ0n) is 15.8. The number of furan rings is 1. The summed E-state index contributed by atoms with van der Waals surface area (Å²) < 4.78 is 10.8. The number of hydrogen-bond acceptors (Lipinski definition) is 5. The van der Waals surface area contributed by atoms with Crippen molar-refractivity contribution in [3.8, 4) is 5.75 Å². The van der Waals surface area contributed by atoms with Crippen LogP contribution in [0.25, 0.3) is 0 Å². The first kappa shape index (κ1) is 18.3. The average Bonchev–Trinajstić information content (AvgIpc) is 3.06. The average molecular weight is 357 g/mol. The summed E-state index contributed by atoms with van der Waals surface area (Å²) in [5, 5.41) is 0. The van der Waals surface area contributed by atoms with E-state index in [2.05, 4.69) is 17.0 Å². The highest BCUT2D eigenvalue weighted by atomic mass is 16.5. The Hall–Kier alpha value is -2.47.